The molecule has 2 nitrogen and oxygen atoms in total. The lowest BCUT2D eigenvalue weighted by Gasteiger charge is -2.22. The van der Waals surface area contributed by atoms with E-state index in [9.17, 15) is 4.39 Å². The second-order valence-corrected chi connectivity index (χ2v) is 5.17. The molecule has 3 heteroatoms. The van der Waals surface area contributed by atoms with Crippen LogP contribution in [0.4, 0.5) is 4.39 Å². The number of benzene rings is 2. The van der Waals surface area contributed by atoms with Gasteiger partial charge in [0.15, 0.2) is 11.6 Å². The van der Waals surface area contributed by atoms with Crippen LogP contribution in [-0.4, -0.2) is 13.7 Å². The molecule has 0 heterocycles. The van der Waals surface area contributed by atoms with Crippen molar-refractivity contribution in [1.29, 1.82) is 0 Å². The van der Waals surface area contributed by atoms with Gasteiger partial charge in [-0.05, 0) is 54.8 Å². The molecule has 112 valence electrons. The van der Waals surface area contributed by atoms with Crippen molar-refractivity contribution < 1.29 is 9.13 Å². The summed E-state index contributed by atoms with van der Waals surface area (Å²) in [5.74, 6) is -0.0572. The molecule has 0 saturated carbocycles. The fourth-order valence-corrected chi connectivity index (χ4v) is 2.56. The van der Waals surface area contributed by atoms with E-state index in [2.05, 4.69) is 38.2 Å². The maximum absolute atomic E-state index is 14.0. The van der Waals surface area contributed by atoms with Crippen LogP contribution in [0, 0.1) is 19.7 Å². The summed E-state index contributed by atoms with van der Waals surface area (Å²) < 4.78 is 19.0. The van der Waals surface area contributed by atoms with Gasteiger partial charge < -0.3 is 10.1 Å². The lowest BCUT2D eigenvalue weighted by atomic mass is 9.92. The highest BCUT2D eigenvalue weighted by Crippen LogP contribution is 2.29. The molecular weight excluding hydrogens is 265 g/mol. The average Bonchev–Trinajstić information content (AvgIpc) is 2.48. The fourth-order valence-electron chi connectivity index (χ4n) is 2.56. The van der Waals surface area contributed by atoms with Gasteiger partial charge in [-0.2, -0.15) is 0 Å². The molecule has 1 N–H and O–H groups in total. The number of hydrogen-bond donors (Lipinski definition) is 1. The molecule has 0 fully saturated rings. The molecule has 0 amide bonds. The zero-order chi connectivity index (χ0) is 15.4. The van der Waals surface area contributed by atoms with Gasteiger partial charge in [-0.15, -0.1) is 0 Å². The highest BCUT2D eigenvalue weighted by molar-refractivity contribution is 5.42. The van der Waals surface area contributed by atoms with Crippen LogP contribution in [0.3, 0.4) is 0 Å². The van der Waals surface area contributed by atoms with Crippen LogP contribution in [0.25, 0.3) is 0 Å². The third kappa shape index (κ3) is 3.24. The minimum Gasteiger partial charge on any atom is -0.494 e. The fraction of sp³-hybridized carbons (Fsp3) is 0.333. The summed E-state index contributed by atoms with van der Waals surface area (Å²) in [5.41, 5.74) is 4.56. The highest BCUT2D eigenvalue weighted by atomic mass is 19.1. The Morgan fingerprint density at radius 2 is 1.95 bits per heavy atom. The molecule has 0 aromatic heterocycles. The second-order valence-electron chi connectivity index (χ2n) is 5.17. The van der Waals surface area contributed by atoms with E-state index in [4.69, 9.17) is 4.74 Å². The molecule has 0 bridgehead atoms. The summed E-state index contributed by atoms with van der Waals surface area (Å²) in [6, 6.07) is 11.4. The van der Waals surface area contributed by atoms with Gasteiger partial charge in [0.25, 0.3) is 0 Å². The number of nitrogens with one attached hydrogen (secondary N) is 1. The first kappa shape index (κ1) is 15.5. The molecule has 0 aliphatic carbocycles. The van der Waals surface area contributed by atoms with Gasteiger partial charge in [-0.1, -0.05) is 31.2 Å². The normalized spacial score (nSPS) is 12.2. The molecule has 2 aromatic rings. The van der Waals surface area contributed by atoms with E-state index in [1.54, 1.807) is 12.1 Å². The van der Waals surface area contributed by atoms with Crippen molar-refractivity contribution in [2.75, 3.05) is 13.7 Å². The zero-order valence-corrected chi connectivity index (χ0v) is 13.0. The smallest absolute Gasteiger partial charge is 0.165 e. The van der Waals surface area contributed by atoms with Crippen molar-refractivity contribution >= 4 is 0 Å². The standard InChI is InChI=1S/C18H22FNO/c1-5-20-18(15-8-6-7-12(2)13(15)3)14-9-10-17(21-4)16(19)11-14/h6-11,18,20H,5H2,1-4H3. The first-order valence-electron chi connectivity index (χ1n) is 7.21. The summed E-state index contributed by atoms with van der Waals surface area (Å²) in [7, 11) is 1.48. The van der Waals surface area contributed by atoms with Gasteiger partial charge in [-0.3, -0.25) is 0 Å². The van der Waals surface area contributed by atoms with Crippen LogP contribution < -0.4 is 10.1 Å². The van der Waals surface area contributed by atoms with Crippen molar-refractivity contribution in [2.45, 2.75) is 26.8 Å². The number of hydrogen-bond acceptors (Lipinski definition) is 2. The van der Waals surface area contributed by atoms with Gasteiger partial charge in [0, 0.05) is 0 Å². The lowest BCUT2D eigenvalue weighted by Crippen LogP contribution is -2.23. The van der Waals surface area contributed by atoms with Crippen molar-refractivity contribution in [3.05, 3.63) is 64.5 Å². The summed E-state index contributed by atoms with van der Waals surface area (Å²) >= 11 is 0. The molecule has 1 atom stereocenters. The summed E-state index contributed by atoms with van der Waals surface area (Å²) in [6.07, 6.45) is 0. The van der Waals surface area contributed by atoms with Crippen molar-refractivity contribution in [1.82, 2.24) is 5.32 Å². The minimum atomic E-state index is -0.330. The van der Waals surface area contributed by atoms with Crippen molar-refractivity contribution in [3.8, 4) is 5.75 Å². The largest absolute Gasteiger partial charge is 0.494 e. The van der Waals surface area contributed by atoms with Gasteiger partial charge in [0.1, 0.15) is 0 Å². The third-order valence-corrected chi connectivity index (χ3v) is 3.87. The summed E-state index contributed by atoms with van der Waals surface area (Å²) in [4.78, 5) is 0. The predicted molar refractivity (Wildman–Crippen MR) is 84.4 cm³/mol. The molecule has 0 radical (unpaired) electrons. The molecule has 21 heavy (non-hydrogen) atoms. The van der Waals surface area contributed by atoms with Gasteiger partial charge in [-0.25, -0.2) is 4.39 Å². The Labute approximate surface area is 126 Å². The Bertz CT molecular complexity index is 625. The van der Waals surface area contributed by atoms with Crippen LogP contribution in [0.5, 0.6) is 5.75 Å². The Hall–Kier alpha value is -1.87. The maximum atomic E-state index is 14.0. The van der Waals surface area contributed by atoms with Gasteiger partial charge in [0.2, 0.25) is 0 Å². The van der Waals surface area contributed by atoms with Gasteiger partial charge >= 0.3 is 0 Å². The van der Waals surface area contributed by atoms with Crippen molar-refractivity contribution in [2.24, 2.45) is 0 Å². The number of rotatable bonds is 5. The maximum Gasteiger partial charge on any atom is 0.165 e. The van der Waals surface area contributed by atoms with Crippen LogP contribution >= 0.6 is 0 Å². The Morgan fingerprint density at radius 3 is 2.57 bits per heavy atom. The Balaban J connectivity index is 2.48. The summed E-state index contributed by atoms with van der Waals surface area (Å²) in [5, 5.41) is 3.44. The topological polar surface area (TPSA) is 21.3 Å². The molecular formula is C18H22FNO. The first-order chi connectivity index (χ1) is 10.1. The molecule has 0 saturated heterocycles. The number of halogens is 1. The number of aryl methyl sites for hydroxylation is 1. The van der Waals surface area contributed by atoms with Gasteiger partial charge in [0.05, 0.1) is 13.2 Å². The first-order valence-corrected chi connectivity index (χ1v) is 7.21. The van der Waals surface area contributed by atoms with E-state index in [0.29, 0.717) is 0 Å². The van der Waals surface area contributed by atoms with Crippen LogP contribution in [0.2, 0.25) is 0 Å². The van der Waals surface area contributed by atoms with E-state index in [-0.39, 0.29) is 17.6 Å². The van der Waals surface area contributed by atoms with E-state index in [1.165, 1.54) is 23.8 Å². The van der Waals surface area contributed by atoms with Crippen molar-refractivity contribution in [3.63, 3.8) is 0 Å². The third-order valence-electron chi connectivity index (χ3n) is 3.87. The van der Waals surface area contributed by atoms with E-state index in [1.807, 2.05) is 12.1 Å². The molecule has 0 aliphatic rings. The SMILES string of the molecule is CCNC(c1ccc(OC)c(F)c1)c1cccc(C)c1C. The monoisotopic (exact) mass is 287 g/mol. The van der Waals surface area contributed by atoms with Crippen LogP contribution in [0.15, 0.2) is 36.4 Å². The minimum absolute atomic E-state index is 0.0182. The van der Waals surface area contributed by atoms with E-state index in [0.717, 1.165) is 12.1 Å². The lowest BCUT2D eigenvalue weighted by molar-refractivity contribution is 0.385. The quantitative estimate of drug-likeness (QED) is 0.892. The van der Waals surface area contributed by atoms with Crippen LogP contribution in [-0.2, 0) is 0 Å². The Morgan fingerprint density at radius 1 is 1.19 bits per heavy atom. The summed E-state index contributed by atoms with van der Waals surface area (Å²) in [6.45, 7) is 7.06. The number of ether oxygens (including phenoxy) is 1. The molecule has 2 rings (SSSR count). The van der Waals surface area contributed by atoms with Crippen LogP contribution in [0.1, 0.15) is 35.2 Å². The molecule has 2 aromatic carbocycles. The zero-order valence-electron chi connectivity index (χ0n) is 13.0. The number of methoxy groups -OCH3 is 1. The van der Waals surface area contributed by atoms with E-state index < -0.39 is 0 Å². The molecule has 0 aliphatic heterocycles. The highest BCUT2D eigenvalue weighted by Gasteiger charge is 2.17. The average molecular weight is 287 g/mol. The predicted octanol–water partition coefficient (Wildman–Crippen LogP) is 4.15. The van der Waals surface area contributed by atoms with E-state index >= 15 is 0 Å². The molecule has 0 spiro atoms. The molecule has 1 unspecified atom stereocenters. The Kier molecular flexibility index (Phi) is 4.97. The second kappa shape index (κ2) is 6.72.